The van der Waals surface area contributed by atoms with Gasteiger partial charge in [0, 0.05) is 59.8 Å². The quantitative estimate of drug-likeness (QED) is 0.385. The van der Waals surface area contributed by atoms with Crippen molar-refractivity contribution in [3.63, 3.8) is 0 Å². The van der Waals surface area contributed by atoms with Crippen LogP contribution in [-0.2, 0) is 0 Å². The van der Waals surface area contributed by atoms with Crippen molar-refractivity contribution in [1.82, 2.24) is 0 Å². The lowest BCUT2D eigenvalue weighted by atomic mass is 10.1. The van der Waals surface area contributed by atoms with Crippen LogP contribution in [0.25, 0.3) is 22.5 Å². The van der Waals surface area contributed by atoms with Gasteiger partial charge in [0.1, 0.15) is 0 Å². The number of anilines is 1. The maximum Gasteiger partial charge on any atom is 0.255 e. The fraction of sp³-hybridized carbons (Fsp3) is 0. The predicted molar refractivity (Wildman–Crippen MR) is 129 cm³/mol. The first kappa shape index (κ1) is 20.3. The molecule has 1 N–H and O–H groups in total. The number of pyridine rings is 2. The smallest absolute Gasteiger partial charge is 0.255 e. The highest BCUT2D eigenvalue weighted by atomic mass is 16.1. The van der Waals surface area contributed by atoms with Crippen molar-refractivity contribution in [2.45, 2.75) is 0 Å². The van der Waals surface area contributed by atoms with Crippen LogP contribution in [0, 0.1) is 0 Å². The van der Waals surface area contributed by atoms with E-state index in [2.05, 4.69) is 58.7 Å². The van der Waals surface area contributed by atoms with E-state index in [9.17, 15) is 4.79 Å². The standard InChI is InChI=1S/C29H22N3O/c33-29(25-8-3-1-4-9-25)30-26-10-7-13-28(22-26)32-20-16-24(17-21-32)23-14-18-31(19-15-23)27-11-5-2-6-12-27/h1-22H/q+1/p+1. The number of para-hydroxylation sites is 1. The van der Waals surface area contributed by atoms with Gasteiger partial charge in [-0.1, -0.05) is 42.5 Å². The average molecular weight is 430 g/mol. The summed E-state index contributed by atoms with van der Waals surface area (Å²) in [5, 5.41) is 2.97. The molecule has 2 aromatic heterocycles. The number of carbonyl (C=O) groups is 1. The molecule has 3 aromatic carbocycles. The first-order valence-corrected chi connectivity index (χ1v) is 10.8. The minimum Gasteiger partial charge on any atom is -0.322 e. The van der Waals surface area contributed by atoms with Gasteiger partial charge in [0.05, 0.1) is 0 Å². The highest BCUT2D eigenvalue weighted by Gasteiger charge is 2.11. The van der Waals surface area contributed by atoms with Crippen LogP contribution < -0.4 is 14.5 Å². The summed E-state index contributed by atoms with van der Waals surface area (Å²) >= 11 is 0. The number of hydrogen-bond donors (Lipinski definition) is 1. The zero-order valence-corrected chi connectivity index (χ0v) is 18.0. The molecule has 0 aliphatic carbocycles. The van der Waals surface area contributed by atoms with Crippen LogP contribution in [0.2, 0.25) is 0 Å². The molecule has 33 heavy (non-hydrogen) atoms. The molecule has 4 heteroatoms. The third-order valence-electron chi connectivity index (χ3n) is 5.48. The van der Waals surface area contributed by atoms with Crippen LogP contribution >= 0.6 is 0 Å². The molecule has 0 bridgehead atoms. The molecule has 0 unspecified atom stereocenters. The Morgan fingerprint density at radius 3 is 1.67 bits per heavy atom. The van der Waals surface area contributed by atoms with Gasteiger partial charge in [-0.15, -0.1) is 0 Å². The molecule has 4 nitrogen and oxygen atoms in total. The normalized spacial score (nSPS) is 10.5. The zero-order chi connectivity index (χ0) is 22.5. The lowest BCUT2D eigenvalue weighted by Crippen LogP contribution is -2.29. The second kappa shape index (κ2) is 9.28. The maximum atomic E-state index is 12.5. The first-order chi connectivity index (χ1) is 16.3. The topological polar surface area (TPSA) is 36.9 Å². The number of benzene rings is 3. The van der Waals surface area contributed by atoms with Crippen molar-refractivity contribution in [2.75, 3.05) is 5.32 Å². The number of rotatable bonds is 5. The Balaban J connectivity index is 1.32. The SMILES string of the molecule is O=C(Nc1cccc(-[n+]2ccc(-c3cc[n+](-c4ccccc4)cc3)cc2)c1)c1ccccc1. The van der Waals surface area contributed by atoms with Crippen molar-refractivity contribution in [3.8, 4) is 22.5 Å². The van der Waals surface area contributed by atoms with Crippen LogP contribution in [0.5, 0.6) is 0 Å². The van der Waals surface area contributed by atoms with Gasteiger partial charge in [-0.3, -0.25) is 4.79 Å². The average Bonchev–Trinajstić information content (AvgIpc) is 2.90. The molecule has 158 valence electrons. The number of nitrogens with zero attached hydrogens (tertiary/aromatic N) is 2. The summed E-state index contributed by atoms with van der Waals surface area (Å²) in [4.78, 5) is 12.5. The van der Waals surface area contributed by atoms with E-state index in [-0.39, 0.29) is 5.91 Å². The minimum atomic E-state index is -0.120. The van der Waals surface area contributed by atoms with Gasteiger partial charge >= 0.3 is 0 Å². The summed E-state index contributed by atoms with van der Waals surface area (Å²) < 4.78 is 4.14. The lowest BCUT2D eigenvalue weighted by Gasteiger charge is -2.06. The summed E-state index contributed by atoms with van der Waals surface area (Å²) in [6, 6.07) is 35.7. The molecule has 0 aliphatic rings. The van der Waals surface area contributed by atoms with Crippen LogP contribution in [0.3, 0.4) is 0 Å². The van der Waals surface area contributed by atoms with Crippen molar-refractivity contribution in [2.24, 2.45) is 0 Å². The molecule has 0 fully saturated rings. The van der Waals surface area contributed by atoms with E-state index in [0.717, 1.165) is 28.2 Å². The highest BCUT2D eigenvalue weighted by Crippen LogP contribution is 2.17. The molecule has 1 amide bonds. The Morgan fingerprint density at radius 2 is 1.06 bits per heavy atom. The van der Waals surface area contributed by atoms with E-state index in [1.165, 1.54) is 0 Å². The molecular weight excluding hydrogens is 406 g/mol. The third kappa shape index (κ3) is 4.70. The Bertz CT molecular complexity index is 1360. The summed E-state index contributed by atoms with van der Waals surface area (Å²) in [6.45, 7) is 0. The number of carbonyl (C=O) groups excluding carboxylic acids is 1. The molecule has 0 saturated carbocycles. The van der Waals surface area contributed by atoms with E-state index < -0.39 is 0 Å². The minimum absolute atomic E-state index is 0.120. The van der Waals surface area contributed by atoms with Crippen molar-refractivity contribution in [1.29, 1.82) is 0 Å². The molecule has 5 rings (SSSR count). The van der Waals surface area contributed by atoms with Gasteiger partial charge in [-0.25, -0.2) is 0 Å². The summed E-state index contributed by atoms with van der Waals surface area (Å²) in [5.74, 6) is -0.120. The summed E-state index contributed by atoms with van der Waals surface area (Å²) in [7, 11) is 0. The first-order valence-electron chi connectivity index (χ1n) is 10.8. The molecule has 0 aliphatic heterocycles. The van der Waals surface area contributed by atoms with Crippen LogP contribution in [0.15, 0.2) is 134 Å². The lowest BCUT2D eigenvalue weighted by molar-refractivity contribution is -0.596. The number of nitrogens with one attached hydrogen (secondary N) is 1. The van der Waals surface area contributed by atoms with Gasteiger partial charge < -0.3 is 5.32 Å². The van der Waals surface area contributed by atoms with E-state index in [1.807, 2.05) is 77.6 Å². The van der Waals surface area contributed by atoms with Crippen LogP contribution in [-0.4, -0.2) is 5.91 Å². The van der Waals surface area contributed by atoms with Gasteiger partial charge in [0.25, 0.3) is 5.91 Å². The van der Waals surface area contributed by atoms with Crippen LogP contribution in [0.4, 0.5) is 5.69 Å². The second-order valence-corrected chi connectivity index (χ2v) is 7.69. The fourth-order valence-corrected chi connectivity index (χ4v) is 3.72. The van der Waals surface area contributed by atoms with Crippen molar-refractivity contribution in [3.05, 3.63) is 140 Å². The molecule has 0 radical (unpaired) electrons. The molecule has 2 heterocycles. The summed E-state index contributed by atoms with van der Waals surface area (Å²) in [6.07, 6.45) is 8.21. The number of hydrogen-bond acceptors (Lipinski definition) is 1. The Hall–Kier alpha value is -4.57. The largest absolute Gasteiger partial charge is 0.322 e. The number of aromatic nitrogens is 2. The Labute approximate surface area is 193 Å². The van der Waals surface area contributed by atoms with Crippen molar-refractivity contribution < 1.29 is 13.9 Å². The fourth-order valence-electron chi connectivity index (χ4n) is 3.72. The predicted octanol–water partition coefficient (Wildman–Crippen LogP) is 5.16. The van der Waals surface area contributed by atoms with E-state index >= 15 is 0 Å². The van der Waals surface area contributed by atoms with E-state index in [0.29, 0.717) is 5.56 Å². The van der Waals surface area contributed by atoms with E-state index in [1.54, 1.807) is 12.1 Å². The van der Waals surface area contributed by atoms with Gasteiger partial charge in [0.15, 0.2) is 24.8 Å². The van der Waals surface area contributed by atoms with Gasteiger partial charge in [0.2, 0.25) is 11.4 Å². The second-order valence-electron chi connectivity index (χ2n) is 7.69. The van der Waals surface area contributed by atoms with Gasteiger partial charge in [-0.2, -0.15) is 9.13 Å². The monoisotopic (exact) mass is 429 g/mol. The third-order valence-corrected chi connectivity index (χ3v) is 5.48. The zero-order valence-electron chi connectivity index (χ0n) is 18.0. The number of amides is 1. The molecule has 5 aromatic rings. The van der Waals surface area contributed by atoms with Crippen LogP contribution in [0.1, 0.15) is 10.4 Å². The Morgan fingerprint density at radius 1 is 0.545 bits per heavy atom. The highest BCUT2D eigenvalue weighted by molar-refractivity contribution is 6.04. The van der Waals surface area contributed by atoms with E-state index in [4.69, 9.17) is 0 Å². The Kier molecular flexibility index (Phi) is 5.72. The molecular formula is C29H23N3O+2. The molecule has 0 saturated heterocycles. The van der Waals surface area contributed by atoms with Crippen molar-refractivity contribution >= 4 is 11.6 Å². The molecule has 0 atom stereocenters. The maximum absolute atomic E-state index is 12.5. The summed E-state index contributed by atoms with van der Waals surface area (Å²) in [5.41, 5.74) is 5.79. The molecule has 0 spiro atoms. The van der Waals surface area contributed by atoms with Gasteiger partial charge in [-0.05, 0) is 29.3 Å².